The number of ketones is 1. The Balaban J connectivity index is -0.000000163. The normalized spacial score (nSPS) is 13.6. The summed E-state index contributed by atoms with van der Waals surface area (Å²) in [6, 6.07) is 0. The van der Waals surface area contributed by atoms with E-state index in [0.29, 0.717) is 5.78 Å². The summed E-state index contributed by atoms with van der Waals surface area (Å²) < 4.78 is 0. The Bertz CT molecular complexity index is 113. The van der Waals surface area contributed by atoms with Gasteiger partial charge in [-0.25, -0.2) is 0 Å². The van der Waals surface area contributed by atoms with Crippen molar-refractivity contribution in [1.29, 1.82) is 0 Å². The molecule has 0 aliphatic heterocycles. The van der Waals surface area contributed by atoms with Gasteiger partial charge in [-0.05, 0) is 33.6 Å². The van der Waals surface area contributed by atoms with Gasteiger partial charge in [0.25, 0.3) is 0 Å². The zero-order valence-corrected chi connectivity index (χ0v) is 11.1. The van der Waals surface area contributed by atoms with Gasteiger partial charge >= 0.3 is 0 Å². The van der Waals surface area contributed by atoms with E-state index in [2.05, 4.69) is 0 Å². The Hall–Kier alpha value is -0.450. The van der Waals surface area contributed by atoms with Crippen LogP contribution in [0.2, 0.25) is 0 Å². The van der Waals surface area contributed by atoms with E-state index in [9.17, 15) is 4.79 Å². The molecule has 1 saturated carbocycles. The second kappa shape index (κ2) is 20.0. The maximum Gasteiger partial charge on any atom is 0.132 e. The summed E-state index contributed by atoms with van der Waals surface area (Å²) in [6.07, 6.45) is 5.07. The maximum absolute atomic E-state index is 10.5. The van der Waals surface area contributed by atoms with Crippen molar-refractivity contribution in [3.05, 3.63) is 0 Å². The molecule has 0 saturated heterocycles. The largest absolute Gasteiger partial charge is 0.400 e. The first-order chi connectivity index (χ1) is 7.54. The molecule has 3 N–H and O–H groups in total. The third-order valence-corrected chi connectivity index (χ3v) is 1.41. The number of rotatable bonds is 0. The Morgan fingerprint density at radius 1 is 1.12 bits per heavy atom. The van der Waals surface area contributed by atoms with Crippen molar-refractivity contribution in [1.82, 2.24) is 0 Å². The van der Waals surface area contributed by atoms with E-state index in [1.807, 2.05) is 0 Å². The minimum absolute atomic E-state index is 0.167. The molecular weight excluding hydrogens is 208 g/mol. The molecule has 0 unspecified atom stereocenters. The SMILES string of the molecule is CC(C)O.CCO.CO.O=C1CCCCC1. The van der Waals surface area contributed by atoms with Crippen molar-refractivity contribution < 1.29 is 20.1 Å². The molecule has 0 radical (unpaired) electrons. The fourth-order valence-electron chi connectivity index (χ4n) is 0.946. The van der Waals surface area contributed by atoms with E-state index in [0.717, 1.165) is 32.8 Å². The molecule has 4 nitrogen and oxygen atoms in total. The van der Waals surface area contributed by atoms with Crippen molar-refractivity contribution in [2.24, 2.45) is 0 Å². The van der Waals surface area contributed by atoms with Gasteiger partial charge in [-0.2, -0.15) is 0 Å². The molecule has 0 bridgehead atoms. The molecule has 1 fully saturated rings. The van der Waals surface area contributed by atoms with Crippen LogP contribution in [0.4, 0.5) is 0 Å². The molecule has 4 heteroatoms. The number of Topliss-reactive ketones (excluding diaryl/α,β-unsaturated/α-hetero) is 1. The maximum atomic E-state index is 10.5. The molecular formula is C12H28O4. The van der Waals surface area contributed by atoms with Gasteiger partial charge in [0, 0.05) is 32.7 Å². The zero-order chi connectivity index (χ0) is 13.4. The van der Waals surface area contributed by atoms with E-state index in [1.54, 1.807) is 20.8 Å². The summed E-state index contributed by atoms with van der Waals surface area (Å²) >= 11 is 0. The van der Waals surface area contributed by atoms with Crippen LogP contribution in [0, 0.1) is 0 Å². The molecule has 0 amide bonds. The summed E-state index contributed by atoms with van der Waals surface area (Å²) in [5.41, 5.74) is 0. The third kappa shape index (κ3) is 37.4. The van der Waals surface area contributed by atoms with Gasteiger partial charge in [0.2, 0.25) is 0 Å². The van der Waals surface area contributed by atoms with Crippen molar-refractivity contribution in [2.45, 2.75) is 59.0 Å². The van der Waals surface area contributed by atoms with E-state index in [4.69, 9.17) is 15.3 Å². The lowest BCUT2D eigenvalue weighted by atomic mass is 10.00. The first-order valence-corrected chi connectivity index (χ1v) is 5.79. The zero-order valence-electron chi connectivity index (χ0n) is 11.1. The number of aliphatic hydroxyl groups excluding tert-OH is 3. The van der Waals surface area contributed by atoms with Crippen LogP contribution in [-0.4, -0.2) is 40.9 Å². The van der Waals surface area contributed by atoms with Gasteiger partial charge in [-0.1, -0.05) is 6.42 Å². The second-order valence-electron chi connectivity index (χ2n) is 3.51. The van der Waals surface area contributed by atoms with E-state index in [-0.39, 0.29) is 12.7 Å². The quantitative estimate of drug-likeness (QED) is 0.596. The van der Waals surface area contributed by atoms with E-state index in [1.165, 1.54) is 6.42 Å². The monoisotopic (exact) mass is 236 g/mol. The van der Waals surface area contributed by atoms with Gasteiger partial charge in [-0.15, -0.1) is 0 Å². The van der Waals surface area contributed by atoms with Crippen LogP contribution in [0.5, 0.6) is 0 Å². The van der Waals surface area contributed by atoms with Gasteiger partial charge in [0.15, 0.2) is 0 Å². The lowest BCUT2D eigenvalue weighted by molar-refractivity contribution is -0.120. The predicted octanol–water partition coefficient (Wildman–Crippen LogP) is 1.51. The number of aliphatic hydroxyl groups is 3. The van der Waals surface area contributed by atoms with Gasteiger partial charge in [0.1, 0.15) is 5.78 Å². The summed E-state index contributed by atoms with van der Waals surface area (Å²) in [7, 11) is 1.00. The fourth-order valence-corrected chi connectivity index (χ4v) is 0.946. The minimum atomic E-state index is -0.167. The number of hydrogen-bond donors (Lipinski definition) is 3. The van der Waals surface area contributed by atoms with Crippen molar-refractivity contribution in [3.8, 4) is 0 Å². The Morgan fingerprint density at radius 2 is 1.38 bits per heavy atom. The van der Waals surface area contributed by atoms with E-state index < -0.39 is 0 Å². The molecule has 100 valence electrons. The van der Waals surface area contributed by atoms with Crippen LogP contribution < -0.4 is 0 Å². The lowest BCUT2D eigenvalue weighted by Crippen LogP contribution is -2.02. The highest BCUT2D eigenvalue weighted by atomic mass is 16.3. The summed E-state index contributed by atoms with van der Waals surface area (Å²) in [4.78, 5) is 10.5. The average Bonchev–Trinajstić information content (AvgIpc) is 2.22. The first-order valence-electron chi connectivity index (χ1n) is 5.79. The number of hydrogen-bond acceptors (Lipinski definition) is 4. The summed E-state index contributed by atoms with van der Waals surface area (Å²) in [5, 5.41) is 22.6. The average molecular weight is 236 g/mol. The highest BCUT2D eigenvalue weighted by Crippen LogP contribution is 2.12. The highest BCUT2D eigenvalue weighted by Gasteiger charge is 2.05. The van der Waals surface area contributed by atoms with Crippen molar-refractivity contribution >= 4 is 5.78 Å². The Morgan fingerprint density at radius 3 is 1.50 bits per heavy atom. The van der Waals surface area contributed by atoms with E-state index >= 15 is 0 Å². The Kier molecular flexibility index (Phi) is 26.2. The molecule has 0 aromatic carbocycles. The third-order valence-electron chi connectivity index (χ3n) is 1.41. The van der Waals surface area contributed by atoms with Crippen LogP contribution in [0.1, 0.15) is 52.9 Å². The van der Waals surface area contributed by atoms with Crippen LogP contribution in [0.3, 0.4) is 0 Å². The van der Waals surface area contributed by atoms with Crippen molar-refractivity contribution in [3.63, 3.8) is 0 Å². The summed E-state index contributed by atoms with van der Waals surface area (Å²) in [5.74, 6) is 0.464. The number of carbonyl (C=O) groups excluding carboxylic acids is 1. The molecule has 0 heterocycles. The molecule has 0 spiro atoms. The Labute approximate surface area is 99.3 Å². The molecule has 0 atom stereocenters. The predicted molar refractivity (Wildman–Crippen MR) is 66.3 cm³/mol. The van der Waals surface area contributed by atoms with Crippen LogP contribution in [-0.2, 0) is 4.79 Å². The lowest BCUT2D eigenvalue weighted by Gasteiger charge is -2.05. The van der Waals surface area contributed by atoms with Gasteiger partial charge < -0.3 is 15.3 Å². The standard InChI is InChI=1S/C6H10O.C3H8O.C2H6O.CH4O/c7-6-4-2-1-3-5-6;1-3(2)4;1-2-3;1-2/h1-5H2;3-4H,1-2H3;3H,2H2,1H3;2H,1H3. The highest BCUT2D eigenvalue weighted by molar-refractivity contribution is 5.78. The molecule has 0 aromatic rings. The molecule has 1 rings (SSSR count). The van der Waals surface area contributed by atoms with Gasteiger partial charge in [0.05, 0.1) is 0 Å². The van der Waals surface area contributed by atoms with Crippen LogP contribution in [0.15, 0.2) is 0 Å². The number of carbonyl (C=O) groups is 1. The van der Waals surface area contributed by atoms with Crippen LogP contribution in [0.25, 0.3) is 0 Å². The topological polar surface area (TPSA) is 77.8 Å². The molecule has 0 aromatic heterocycles. The van der Waals surface area contributed by atoms with Crippen molar-refractivity contribution in [2.75, 3.05) is 13.7 Å². The fraction of sp³-hybridized carbons (Fsp3) is 0.917. The summed E-state index contributed by atoms with van der Waals surface area (Å²) in [6.45, 7) is 5.38. The minimum Gasteiger partial charge on any atom is -0.400 e. The second-order valence-corrected chi connectivity index (χ2v) is 3.51. The molecule has 16 heavy (non-hydrogen) atoms. The smallest absolute Gasteiger partial charge is 0.132 e. The molecule has 1 aliphatic carbocycles. The molecule has 1 aliphatic rings. The van der Waals surface area contributed by atoms with Crippen LogP contribution >= 0.6 is 0 Å². The first kappa shape index (κ1) is 20.9. The van der Waals surface area contributed by atoms with Gasteiger partial charge in [-0.3, -0.25) is 4.79 Å².